The van der Waals surface area contributed by atoms with Crippen molar-refractivity contribution in [3.8, 4) is 29.4 Å². The van der Waals surface area contributed by atoms with E-state index >= 15 is 4.79 Å². The van der Waals surface area contributed by atoms with E-state index in [0.29, 0.717) is 29.8 Å². The lowest BCUT2D eigenvalue weighted by molar-refractivity contribution is -0.323. The van der Waals surface area contributed by atoms with Crippen LogP contribution in [0, 0.1) is 23.7 Å². The Morgan fingerprint density at radius 2 is 1.89 bits per heavy atom. The normalized spacial score (nSPS) is 26.7. The molecule has 0 spiro atoms. The van der Waals surface area contributed by atoms with E-state index in [4.69, 9.17) is 33.2 Å². The van der Waals surface area contributed by atoms with E-state index in [-0.39, 0.29) is 58.5 Å². The SMILES string of the molecule is CC#C/C=C\C#C[C@H](OC1OC(C)C(SC)(C(=O)c2nccc3c2[nH]c2ccc(OCCN(C)C)cc23)C(O)C1OC1CC(OC)C(NC(C)C)CO1)C1=C(NC(=O)OC)C(=O)C[C@H](O)/C1=C/CSC(C)=O. The molecule has 5 N–H and O–H groups in total. The van der Waals surface area contributed by atoms with Crippen LogP contribution in [-0.4, -0.2) is 174 Å². The van der Waals surface area contributed by atoms with Crippen LogP contribution in [0.4, 0.5) is 4.79 Å². The number of methoxy groups -OCH3 is 2. The number of likely N-dealkylation sites (N-methyl/N-ethyl adjacent to an activating group) is 1. The Morgan fingerprint density at radius 1 is 1.12 bits per heavy atom. The highest BCUT2D eigenvalue weighted by Gasteiger charge is 2.61. The highest BCUT2D eigenvalue weighted by atomic mass is 32.2. The van der Waals surface area contributed by atoms with Gasteiger partial charge in [-0.2, -0.15) is 0 Å². The lowest BCUT2D eigenvalue weighted by Crippen LogP contribution is -2.68. The summed E-state index contributed by atoms with van der Waals surface area (Å²) in [5.41, 5.74) is 0.998. The Kier molecular flexibility index (Phi) is 20.1. The molecule has 2 saturated heterocycles. The number of aromatic nitrogens is 2. The van der Waals surface area contributed by atoms with Crippen molar-refractivity contribution in [2.24, 2.45) is 0 Å². The molecule has 72 heavy (non-hydrogen) atoms. The molecule has 1 amide bonds. The number of pyridine rings is 1. The van der Waals surface area contributed by atoms with Crippen molar-refractivity contribution in [3.63, 3.8) is 0 Å². The van der Waals surface area contributed by atoms with Crippen LogP contribution in [0.2, 0.25) is 0 Å². The Bertz CT molecular complexity index is 2680. The zero-order valence-electron chi connectivity index (χ0n) is 42.2. The number of H-pyrrole nitrogens is 1. The standard InChI is InChI=1S/C52H65N5O13S2/c1-11-12-13-14-15-16-40(43-34(20-24-72-31(5)58)38(59)26-39(60)45(43)56-51(63)65-9)69-50-47(70-42-27-41(64-8)37(28-67-42)54-29(2)3)49(62)52(71-10,30(4)68-50)48(61)46-44-33(19-21-53-46)35-25-32(17-18-36(35)55-44)66-23-22-57(6)7/h13-14,17-21,25,29-30,37-38,40-42,47,49-50,54-55,59,62H,22-24,26-28H2,1-10H3,(H,56,63)/b14-13-,34-20-/t30?,37?,38-,40-,41?,42?,47?,49?,50?,52?/m0/s1. The van der Waals surface area contributed by atoms with Crippen molar-refractivity contribution in [1.29, 1.82) is 0 Å². The van der Waals surface area contributed by atoms with E-state index in [0.717, 1.165) is 41.5 Å². The van der Waals surface area contributed by atoms with Crippen LogP contribution >= 0.6 is 23.5 Å². The largest absolute Gasteiger partial charge is 0.492 e. The summed E-state index contributed by atoms with van der Waals surface area (Å²) in [6.07, 6.45) is -3.89. The number of rotatable bonds is 18. The zero-order valence-corrected chi connectivity index (χ0v) is 43.9. The van der Waals surface area contributed by atoms with Crippen molar-refractivity contribution >= 4 is 68.1 Å². The molecule has 0 bridgehead atoms. The fourth-order valence-corrected chi connectivity index (χ4v) is 10.5. The third kappa shape index (κ3) is 13.0. The van der Waals surface area contributed by atoms with E-state index in [1.807, 2.05) is 51.0 Å². The van der Waals surface area contributed by atoms with E-state index < -0.39 is 78.0 Å². The lowest BCUT2D eigenvalue weighted by Gasteiger charge is -2.51. The van der Waals surface area contributed by atoms with Crippen molar-refractivity contribution in [1.82, 2.24) is 25.5 Å². The number of ether oxygens (including phenoxy) is 7. The molecular weight excluding hydrogens is 967 g/mol. The number of aromatic amines is 1. The van der Waals surface area contributed by atoms with Crippen LogP contribution in [0.1, 0.15) is 57.9 Å². The Morgan fingerprint density at radius 3 is 2.57 bits per heavy atom. The number of Topliss-reactive ketones (excluding diaryl/α,β-unsaturated/α-hetero) is 2. The van der Waals surface area contributed by atoms with Crippen LogP contribution in [-0.2, 0) is 38.0 Å². The minimum atomic E-state index is -1.81. The van der Waals surface area contributed by atoms with Crippen LogP contribution in [0.3, 0.4) is 0 Å². The van der Waals surface area contributed by atoms with Crippen molar-refractivity contribution < 1.29 is 62.5 Å². The highest BCUT2D eigenvalue weighted by molar-refractivity contribution is 8.13. The predicted molar refractivity (Wildman–Crippen MR) is 275 cm³/mol. The van der Waals surface area contributed by atoms with Gasteiger partial charge in [-0.3, -0.25) is 24.7 Å². The van der Waals surface area contributed by atoms with Gasteiger partial charge >= 0.3 is 6.09 Å². The molecule has 3 aliphatic rings. The minimum absolute atomic E-state index is 0.0408. The summed E-state index contributed by atoms with van der Waals surface area (Å²) in [4.78, 5) is 64.4. The second kappa shape index (κ2) is 25.7. The highest BCUT2D eigenvalue weighted by Crippen LogP contribution is 2.46. The third-order valence-electron chi connectivity index (χ3n) is 12.4. The third-order valence-corrected chi connectivity index (χ3v) is 14.6. The molecule has 2 fully saturated rings. The van der Waals surface area contributed by atoms with Gasteiger partial charge in [-0.1, -0.05) is 49.4 Å². The van der Waals surface area contributed by atoms with Gasteiger partial charge in [0, 0.05) is 73.3 Å². The van der Waals surface area contributed by atoms with Gasteiger partial charge in [0.1, 0.15) is 41.1 Å². The number of aliphatic hydroxyl groups is 2. The quantitative estimate of drug-likeness (QED) is 0.0861. The van der Waals surface area contributed by atoms with Crippen LogP contribution in [0.25, 0.3) is 21.8 Å². The first-order valence-corrected chi connectivity index (χ1v) is 25.7. The van der Waals surface area contributed by atoms with Gasteiger partial charge in [0.05, 0.1) is 49.3 Å². The average Bonchev–Trinajstić information content (AvgIpc) is 3.72. The molecule has 20 heteroatoms. The van der Waals surface area contributed by atoms with E-state index in [9.17, 15) is 24.6 Å². The summed E-state index contributed by atoms with van der Waals surface area (Å²) >= 11 is 2.02. The first kappa shape index (κ1) is 56.2. The van der Waals surface area contributed by atoms with Gasteiger partial charge < -0.3 is 58.6 Å². The maximum atomic E-state index is 15.5. The molecule has 6 rings (SSSR count). The summed E-state index contributed by atoms with van der Waals surface area (Å²) in [5.74, 6) is 10.9. The van der Waals surface area contributed by atoms with Gasteiger partial charge in [0.2, 0.25) is 5.78 Å². The molecule has 2 aliphatic heterocycles. The van der Waals surface area contributed by atoms with Crippen molar-refractivity contribution in [2.45, 2.75) is 113 Å². The number of hydrogen-bond acceptors (Lipinski definition) is 18. The van der Waals surface area contributed by atoms with Gasteiger partial charge in [-0.15, -0.1) is 17.7 Å². The maximum Gasteiger partial charge on any atom is 0.411 e. The molecule has 4 heterocycles. The Labute approximate surface area is 428 Å². The summed E-state index contributed by atoms with van der Waals surface area (Å²) in [7, 11) is 6.64. The number of fused-ring (bicyclic) bond motifs is 3. The molecule has 3 aromatic rings. The number of aliphatic hydroxyl groups excluding tert-OH is 2. The molecule has 0 saturated carbocycles. The second-order valence-electron chi connectivity index (χ2n) is 17.8. The fourth-order valence-electron chi connectivity index (χ4n) is 8.94. The Balaban J connectivity index is 1.48. The van der Waals surface area contributed by atoms with Crippen LogP contribution in [0.15, 0.2) is 65.5 Å². The number of benzene rings is 1. The molecule has 1 aromatic carbocycles. The van der Waals surface area contributed by atoms with Crippen molar-refractivity contribution in [2.75, 3.05) is 60.1 Å². The van der Waals surface area contributed by atoms with Gasteiger partial charge in [0.15, 0.2) is 23.5 Å². The maximum absolute atomic E-state index is 15.5. The first-order chi connectivity index (χ1) is 34.5. The molecule has 0 radical (unpaired) electrons. The number of amides is 1. The second-order valence-corrected chi connectivity index (χ2v) is 20.1. The lowest BCUT2D eigenvalue weighted by atomic mass is 9.82. The molecule has 8 unspecified atom stereocenters. The molecule has 18 nitrogen and oxygen atoms in total. The van der Waals surface area contributed by atoms with Crippen LogP contribution < -0.4 is 15.4 Å². The average molecular weight is 1030 g/mol. The number of allylic oxidation sites excluding steroid dienone is 3. The van der Waals surface area contributed by atoms with E-state index in [1.54, 1.807) is 39.4 Å². The molecule has 10 atom stereocenters. The Hall–Kier alpha value is -5.07. The number of hydrogen-bond donors (Lipinski definition) is 5. The first-order valence-electron chi connectivity index (χ1n) is 23.5. The number of nitrogens with zero attached hydrogens (tertiary/aromatic N) is 2. The van der Waals surface area contributed by atoms with Gasteiger partial charge in [-0.25, -0.2) is 4.79 Å². The monoisotopic (exact) mass is 1030 g/mol. The van der Waals surface area contributed by atoms with Crippen LogP contribution in [0.5, 0.6) is 5.75 Å². The molecule has 2 aromatic heterocycles. The number of carbonyl (C=O) groups is 4. The summed E-state index contributed by atoms with van der Waals surface area (Å²) in [6.45, 7) is 10.0. The molecule has 388 valence electrons. The number of thioether (sulfide) groups is 2. The minimum Gasteiger partial charge on any atom is -0.492 e. The topological polar surface area (TPSA) is 229 Å². The van der Waals surface area contributed by atoms with Crippen molar-refractivity contribution in [3.05, 3.63) is 71.2 Å². The van der Waals surface area contributed by atoms with Gasteiger partial charge in [0.25, 0.3) is 0 Å². The smallest absolute Gasteiger partial charge is 0.411 e. The number of nitrogens with one attached hydrogen (secondary N) is 3. The number of carbonyl (C=O) groups excluding carboxylic acids is 4. The van der Waals surface area contributed by atoms with E-state index in [2.05, 4.69) is 44.3 Å². The molecule has 1 aliphatic carbocycles. The fraction of sp³-hybridized carbons (Fsp3) is 0.519. The van der Waals surface area contributed by atoms with E-state index in [1.165, 1.54) is 25.3 Å². The summed E-state index contributed by atoms with van der Waals surface area (Å²) in [5, 5.41) is 31.9. The number of alkyl carbamates (subject to hydrolysis) is 1. The number of ketones is 2. The van der Waals surface area contributed by atoms with Gasteiger partial charge in [-0.05, 0) is 76.2 Å². The predicted octanol–water partition coefficient (Wildman–Crippen LogP) is 4.68. The summed E-state index contributed by atoms with van der Waals surface area (Å²) in [6, 6.07) is 7.34. The zero-order chi connectivity index (χ0) is 52.3. The molecular formula is C52H65N5O13S2. The summed E-state index contributed by atoms with van der Waals surface area (Å²) < 4.78 is 41.6.